The van der Waals surface area contributed by atoms with Crippen LogP contribution in [0.5, 0.6) is 11.5 Å². The van der Waals surface area contributed by atoms with E-state index in [1.165, 1.54) is 13.2 Å². The van der Waals surface area contributed by atoms with E-state index in [1.54, 1.807) is 43.0 Å². The number of alkyl halides is 3. The molecule has 0 saturated heterocycles. The molecule has 6 nitrogen and oxygen atoms in total. The van der Waals surface area contributed by atoms with Gasteiger partial charge in [0.2, 0.25) is 5.78 Å². The van der Waals surface area contributed by atoms with Gasteiger partial charge in [0.05, 0.1) is 25.3 Å². The lowest BCUT2D eigenvalue weighted by Crippen LogP contribution is -2.12. The highest BCUT2D eigenvalue weighted by Gasteiger charge is 2.30. The molecule has 0 fully saturated rings. The normalized spacial score (nSPS) is 12.9. The minimum absolute atomic E-state index is 0.437. The number of rotatable bonds is 5. The Hall–Kier alpha value is -3.49. The summed E-state index contributed by atoms with van der Waals surface area (Å²) in [4.78, 5) is 8.80. The van der Waals surface area contributed by atoms with Crippen LogP contribution in [0.25, 0.3) is 16.7 Å². The smallest absolute Gasteiger partial charge is 0.416 e. The molecule has 0 aliphatic rings. The van der Waals surface area contributed by atoms with Crippen molar-refractivity contribution in [3.63, 3.8) is 0 Å². The van der Waals surface area contributed by atoms with Crippen LogP contribution in [0.3, 0.4) is 0 Å². The number of hydrogen-bond donors (Lipinski definition) is 1. The third-order valence-electron chi connectivity index (χ3n) is 4.92. The van der Waals surface area contributed by atoms with Crippen LogP contribution in [0.4, 0.5) is 19.0 Å². The van der Waals surface area contributed by atoms with Crippen LogP contribution in [0.2, 0.25) is 0 Å². The summed E-state index contributed by atoms with van der Waals surface area (Å²) in [6.45, 7) is 1.78. The number of halogens is 3. The predicted molar refractivity (Wildman–Crippen MR) is 107 cm³/mol. The van der Waals surface area contributed by atoms with Crippen molar-refractivity contribution in [3.8, 4) is 11.5 Å². The Labute approximate surface area is 170 Å². The van der Waals surface area contributed by atoms with Gasteiger partial charge in [0, 0.05) is 29.9 Å². The number of ether oxygens (including phenoxy) is 2. The molecule has 0 bridgehead atoms. The maximum Gasteiger partial charge on any atom is 0.416 e. The Kier molecular flexibility index (Phi) is 4.89. The Morgan fingerprint density at radius 1 is 1.07 bits per heavy atom. The zero-order valence-corrected chi connectivity index (χ0v) is 16.5. The Bertz CT molecular complexity index is 1220. The molecule has 2 aromatic heterocycles. The number of nitrogens with one attached hydrogen (secondary N) is 1. The lowest BCUT2D eigenvalue weighted by atomic mass is 10.0. The largest absolute Gasteiger partial charge is 0.493 e. The van der Waals surface area contributed by atoms with E-state index >= 15 is 0 Å². The molecule has 0 radical (unpaired) electrons. The highest BCUT2D eigenvalue weighted by molar-refractivity contribution is 5.93. The molecule has 0 spiro atoms. The topological polar surface area (TPSA) is 60.7 Å². The number of methoxy groups -OCH3 is 2. The molecule has 0 unspecified atom stereocenters. The molecule has 0 saturated carbocycles. The Morgan fingerprint density at radius 3 is 2.50 bits per heavy atom. The summed E-state index contributed by atoms with van der Waals surface area (Å²) in [6.07, 6.45) is -1.01. The maximum atomic E-state index is 13.1. The quantitative estimate of drug-likeness (QED) is 0.491. The van der Waals surface area contributed by atoms with Gasteiger partial charge in [-0.2, -0.15) is 18.2 Å². The van der Waals surface area contributed by atoms with Crippen molar-refractivity contribution in [2.75, 3.05) is 19.5 Å². The van der Waals surface area contributed by atoms with Gasteiger partial charge < -0.3 is 14.8 Å². The van der Waals surface area contributed by atoms with Crippen molar-refractivity contribution in [3.05, 3.63) is 59.9 Å². The fourth-order valence-corrected chi connectivity index (χ4v) is 3.37. The summed E-state index contributed by atoms with van der Waals surface area (Å²) < 4.78 is 51.9. The van der Waals surface area contributed by atoms with Gasteiger partial charge >= 0.3 is 6.18 Å². The van der Waals surface area contributed by atoms with Gasteiger partial charge in [-0.3, -0.25) is 4.40 Å². The molecule has 0 amide bonds. The molecule has 1 N–H and O–H groups in total. The van der Waals surface area contributed by atoms with Crippen LogP contribution in [0.1, 0.15) is 24.1 Å². The molecule has 4 rings (SSSR count). The van der Waals surface area contributed by atoms with E-state index in [2.05, 4.69) is 15.3 Å². The first-order chi connectivity index (χ1) is 14.3. The standard InChI is InChI=1S/C21H19F3N4O2/c1-12(13-5-4-6-14(9-13)21(22,23)24)26-19-15-10-17(29-2)18(30-3)11-16(15)28-8-7-25-20(28)27-19/h4-12H,1-3H3,(H,25,26,27)/t12-/m1/s1. The van der Waals surface area contributed by atoms with Crippen molar-refractivity contribution < 1.29 is 22.6 Å². The molecule has 2 heterocycles. The van der Waals surface area contributed by atoms with E-state index in [0.29, 0.717) is 28.7 Å². The van der Waals surface area contributed by atoms with Gasteiger partial charge in [-0.1, -0.05) is 12.1 Å². The van der Waals surface area contributed by atoms with Gasteiger partial charge in [-0.05, 0) is 30.7 Å². The highest BCUT2D eigenvalue weighted by atomic mass is 19.4. The Morgan fingerprint density at radius 2 is 1.80 bits per heavy atom. The first kappa shape index (κ1) is 19.8. The number of hydrogen-bond acceptors (Lipinski definition) is 5. The molecule has 4 aromatic rings. The number of imidazole rings is 1. The van der Waals surface area contributed by atoms with Crippen LogP contribution in [-0.2, 0) is 6.18 Å². The molecule has 156 valence electrons. The van der Waals surface area contributed by atoms with Gasteiger partial charge in [0.25, 0.3) is 0 Å². The molecule has 2 aromatic carbocycles. The molecular weight excluding hydrogens is 397 g/mol. The number of nitrogens with zero attached hydrogens (tertiary/aromatic N) is 3. The first-order valence-electron chi connectivity index (χ1n) is 9.14. The fraction of sp³-hybridized carbons (Fsp3) is 0.238. The summed E-state index contributed by atoms with van der Waals surface area (Å²) in [5, 5.41) is 3.94. The molecule has 0 aliphatic heterocycles. The average Bonchev–Trinajstić information content (AvgIpc) is 3.21. The van der Waals surface area contributed by atoms with Gasteiger partial charge in [0.15, 0.2) is 11.5 Å². The van der Waals surface area contributed by atoms with Gasteiger partial charge in [-0.25, -0.2) is 4.98 Å². The van der Waals surface area contributed by atoms with E-state index in [-0.39, 0.29) is 0 Å². The summed E-state index contributed by atoms with van der Waals surface area (Å²) in [5.41, 5.74) is 0.568. The first-order valence-corrected chi connectivity index (χ1v) is 9.14. The summed E-state index contributed by atoms with van der Waals surface area (Å²) in [7, 11) is 3.08. The monoisotopic (exact) mass is 416 g/mol. The lowest BCUT2D eigenvalue weighted by Gasteiger charge is -2.19. The molecule has 30 heavy (non-hydrogen) atoms. The lowest BCUT2D eigenvalue weighted by molar-refractivity contribution is -0.137. The maximum absolute atomic E-state index is 13.1. The molecule has 9 heteroatoms. The van der Waals surface area contributed by atoms with Crippen LogP contribution < -0.4 is 14.8 Å². The highest BCUT2D eigenvalue weighted by Crippen LogP contribution is 2.36. The summed E-state index contributed by atoms with van der Waals surface area (Å²) in [6, 6.07) is 8.38. The summed E-state index contributed by atoms with van der Waals surface area (Å²) >= 11 is 0. The fourth-order valence-electron chi connectivity index (χ4n) is 3.37. The van der Waals surface area contributed by atoms with Crippen LogP contribution in [0.15, 0.2) is 48.8 Å². The van der Waals surface area contributed by atoms with Crippen LogP contribution >= 0.6 is 0 Å². The Balaban J connectivity index is 1.82. The number of benzene rings is 2. The summed E-state index contributed by atoms with van der Waals surface area (Å²) in [5.74, 6) is 1.99. The van der Waals surface area contributed by atoms with E-state index in [4.69, 9.17) is 9.47 Å². The van der Waals surface area contributed by atoms with Crippen LogP contribution in [-0.4, -0.2) is 28.6 Å². The number of aromatic nitrogens is 3. The molecule has 0 aliphatic carbocycles. The second kappa shape index (κ2) is 7.40. The van der Waals surface area contributed by atoms with Crippen molar-refractivity contribution in [2.24, 2.45) is 0 Å². The van der Waals surface area contributed by atoms with E-state index in [1.807, 2.05) is 6.07 Å². The third-order valence-corrected chi connectivity index (χ3v) is 4.92. The minimum atomic E-state index is -4.40. The van der Waals surface area contributed by atoms with Gasteiger partial charge in [0.1, 0.15) is 5.82 Å². The third kappa shape index (κ3) is 3.47. The zero-order chi connectivity index (χ0) is 21.5. The van der Waals surface area contributed by atoms with Crippen LogP contribution in [0, 0.1) is 0 Å². The second-order valence-electron chi connectivity index (χ2n) is 6.77. The average molecular weight is 416 g/mol. The number of anilines is 1. The van der Waals surface area contributed by atoms with Crippen molar-refractivity contribution in [1.29, 1.82) is 0 Å². The molecule has 1 atom stereocenters. The second-order valence-corrected chi connectivity index (χ2v) is 6.77. The zero-order valence-electron chi connectivity index (χ0n) is 16.5. The van der Waals surface area contributed by atoms with Gasteiger partial charge in [-0.15, -0.1) is 0 Å². The predicted octanol–water partition coefficient (Wildman–Crippen LogP) is 5.09. The van der Waals surface area contributed by atoms with E-state index < -0.39 is 17.8 Å². The van der Waals surface area contributed by atoms with E-state index in [0.717, 1.165) is 23.0 Å². The minimum Gasteiger partial charge on any atom is -0.493 e. The van der Waals surface area contributed by atoms with Crippen molar-refractivity contribution in [1.82, 2.24) is 14.4 Å². The number of fused-ring (bicyclic) bond motifs is 3. The molecular formula is C21H19F3N4O2. The van der Waals surface area contributed by atoms with E-state index in [9.17, 15) is 13.2 Å². The van der Waals surface area contributed by atoms with Crippen molar-refractivity contribution >= 4 is 22.5 Å². The SMILES string of the molecule is COc1cc2c(N[C@H](C)c3cccc(C(F)(F)F)c3)nc3nccn3c2cc1OC. The van der Waals surface area contributed by atoms with Crippen molar-refractivity contribution in [2.45, 2.75) is 19.1 Å².